The molecule has 3 N–H and O–H groups in total. The van der Waals surface area contributed by atoms with Gasteiger partial charge in [0.25, 0.3) is 0 Å². The minimum Gasteiger partial charge on any atom is -0.476 e. The van der Waals surface area contributed by atoms with Crippen LogP contribution < -0.4 is 5.73 Å². The van der Waals surface area contributed by atoms with Crippen LogP contribution >= 0.6 is 11.8 Å². The molecular formula is C9H9F2NO2S. The minimum absolute atomic E-state index is 0.0631. The Morgan fingerprint density at radius 1 is 1.53 bits per heavy atom. The van der Waals surface area contributed by atoms with Crippen molar-refractivity contribution in [1.29, 1.82) is 0 Å². The Morgan fingerprint density at radius 3 is 2.67 bits per heavy atom. The predicted octanol–water partition coefficient (Wildman–Crippen LogP) is 2.35. The van der Waals surface area contributed by atoms with Crippen molar-refractivity contribution >= 4 is 23.4 Å². The number of rotatable bonds is 3. The Balaban J connectivity index is 2.99. The van der Waals surface area contributed by atoms with E-state index in [1.165, 1.54) is 12.1 Å². The van der Waals surface area contributed by atoms with Crippen molar-refractivity contribution in [3.63, 3.8) is 0 Å². The van der Waals surface area contributed by atoms with E-state index in [4.69, 9.17) is 10.8 Å². The van der Waals surface area contributed by atoms with Crippen LogP contribution in [0, 0.1) is 6.92 Å². The smallest absolute Gasteiger partial charge is 0.393 e. The van der Waals surface area contributed by atoms with Crippen molar-refractivity contribution < 1.29 is 18.7 Å². The summed E-state index contributed by atoms with van der Waals surface area (Å²) in [7, 11) is 0. The van der Waals surface area contributed by atoms with Crippen LogP contribution in [-0.2, 0) is 4.79 Å². The topological polar surface area (TPSA) is 63.3 Å². The van der Waals surface area contributed by atoms with E-state index in [-0.39, 0.29) is 22.3 Å². The van der Waals surface area contributed by atoms with Gasteiger partial charge in [-0.25, -0.2) is 4.79 Å². The Labute approximate surface area is 89.3 Å². The van der Waals surface area contributed by atoms with Gasteiger partial charge in [0.1, 0.15) is 0 Å². The van der Waals surface area contributed by atoms with Gasteiger partial charge in [0.05, 0.1) is 0 Å². The number of aryl methyl sites for hydroxylation is 1. The number of carboxylic acids is 1. The second-order valence-corrected chi connectivity index (χ2v) is 4.12. The molecule has 0 amide bonds. The summed E-state index contributed by atoms with van der Waals surface area (Å²) in [6.07, 6.45) is 0. The molecule has 0 aliphatic carbocycles. The largest absolute Gasteiger partial charge is 0.476 e. The molecule has 6 heteroatoms. The molecule has 0 atom stereocenters. The number of nitrogen functional groups attached to an aromatic ring is 1. The molecule has 1 rings (SSSR count). The van der Waals surface area contributed by atoms with Gasteiger partial charge in [-0.05, 0) is 36.4 Å². The molecule has 0 fully saturated rings. The average molecular weight is 233 g/mol. The molecule has 0 aliphatic rings. The zero-order valence-corrected chi connectivity index (χ0v) is 8.65. The monoisotopic (exact) mass is 233 g/mol. The van der Waals surface area contributed by atoms with Gasteiger partial charge in [-0.15, -0.1) is 0 Å². The summed E-state index contributed by atoms with van der Waals surface area (Å²) in [5.74, 6) is -2.17. The quantitative estimate of drug-likeness (QED) is 0.621. The number of carboxylic acid groups (broad SMARTS) is 1. The lowest BCUT2D eigenvalue weighted by atomic mass is 10.2. The summed E-state index contributed by atoms with van der Waals surface area (Å²) < 4.78 is 25.7. The molecule has 0 unspecified atom stereocenters. The number of alkyl halides is 2. The molecule has 0 bridgehead atoms. The van der Waals surface area contributed by atoms with Gasteiger partial charge >= 0.3 is 11.2 Å². The summed E-state index contributed by atoms with van der Waals surface area (Å²) in [4.78, 5) is 10.3. The van der Waals surface area contributed by atoms with E-state index in [2.05, 4.69) is 0 Å². The van der Waals surface area contributed by atoms with Crippen molar-refractivity contribution in [2.24, 2.45) is 0 Å². The lowest BCUT2D eigenvalue weighted by Gasteiger charge is -2.12. The maximum atomic E-state index is 12.9. The number of carbonyl (C=O) groups is 1. The van der Waals surface area contributed by atoms with E-state index in [0.717, 1.165) is 5.56 Å². The van der Waals surface area contributed by atoms with E-state index in [0.29, 0.717) is 0 Å². The first-order chi connectivity index (χ1) is 6.83. The number of aliphatic carboxylic acids is 1. The third-order valence-corrected chi connectivity index (χ3v) is 2.66. The third-order valence-electron chi connectivity index (χ3n) is 1.66. The predicted molar refractivity (Wildman–Crippen MR) is 54.0 cm³/mol. The van der Waals surface area contributed by atoms with Crippen LogP contribution in [0.15, 0.2) is 23.1 Å². The molecule has 1 aromatic rings. The van der Waals surface area contributed by atoms with Crippen LogP contribution in [-0.4, -0.2) is 16.3 Å². The summed E-state index contributed by atoms with van der Waals surface area (Å²) >= 11 is -0.0631. The number of thioether (sulfide) groups is 1. The summed E-state index contributed by atoms with van der Waals surface area (Å²) in [6.45, 7) is 1.71. The lowest BCUT2D eigenvalue weighted by Crippen LogP contribution is -2.23. The van der Waals surface area contributed by atoms with Gasteiger partial charge in [0.2, 0.25) is 0 Å². The first-order valence-electron chi connectivity index (χ1n) is 3.99. The fourth-order valence-electron chi connectivity index (χ4n) is 0.912. The molecule has 0 saturated carbocycles. The standard InChI is InChI=1S/C9H9F2NO2S/c1-5-2-3-6(12)7(4-5)15-9(10,11)8(13)14/h2-4H,12H2,1H3,(H,13,14). The Hall–Kier alpha value is -1.30. The lowest BCUT2D eigenvalue weighted by molar-refractivity contribution is -0.152. The zero-order valence-electron chi connectivity index (χ0n) is 7.83. The molecule has 0 aliphatic heterocycles. The summed E-state index contributed by atoms with van der Waals surface area (Å²) in [5.41, 5.74) is 6.34. The Bertz CT molecular complexity index is 396. The number of nitrogens with two attached hydrogens (primary N) is 1. The SMILES string of the molecule is Cc1ccc(N)c(SC(F)(F)C(=O)O)c1. The number of anilines is 1. The van der Waals surface area contributed by atoms with Crippen molar-refractivity contribution in [2.45, 2.75) is 17.1 Å². The van der Waals surface area contributed by atoms with Crippen molar-refractivity contribution in [3.8, 4) is 0 Å². The van der Waals surface area contributed by atoms with E-state index >= 15 is 0 Å². The van der Waals surface area contributed by atoms with Crippen LogP contribution in [0.4, 0.5) is 14.5 Å². The van der Waals surface area contributed by atoms with Gasteiger partial charge in [-0.1, -0.05) is 6.07 Å². The van der Waals surface area contributed by atoms with E-state index in [9.17, 15) is 13.6 Å². The van der Waals surface area contributed by atoms with Crippen molar-refractivity contribution in [1.82, 2.24) is 0 Å². The van der Waals surface area contributed by atoms with Crippen LogP contribution in [0.5, 0.6) is 0 Å². The average Bonchev–Trinajstić information content (AvgIpc) is 2.10. The summed E-state index contributed by atoms with van der Waals surface area (Å²) in [5, 5.41) is 4.39. The third kappa shape index (κ3) is 2.82. The maximum Gasteiger partial charge on any atom is 0.393 e. The molecule has 0 aromatic heterocycles. The molecule has 1 aromatic carbocycles. The van der Waals surface area contributed by atoms with Crippen LogP contribution in [0.2, 0.25) is 0 Å². The second-order valence-electron chi connectivity index (χ2n) is 2.97. The first-order valence-corrected chi connectivity index (χ1v) is 4.81. The summed E-state index contributed by atoms with van der Waals surface area (Å²) in [6, 6.07) is 4.56. The highest BCUT2D eigenvalue weighted by Gasteiger charge is 2.40. The van der Waals surface area contributed by atoms with Crippen LogP contribution in [0.1, 0.15) is 5.56 Å². The first kappa shape index (κ1) is 11.8. The molecule has 3 nitrogen and oxygen atoms in total. The Kier molecular flexibility index (Phi) is 3.18. The Morgan fingerprint density at radius 2 is 2.13 bits per heavy atom. The van der Waals surface area contributed by atoms with Gasteiger partial charge in [-0.3, -0.25) is 0 Å². The van der Waals surface area contributed by atoms with Gasteiger partial charge in [-0.2, -0.15) is 8.78 Å². The van der Waals surface area contributed by atoms with Gasteiger partial charge in [0.15, 0.2) is 0 Å². The van der Waals surface area contributed by atoms with Gasteiger partial charge in [0, 0.05) is 10.6 Å². The molecule has 0 heterocycles. The highest BCUT2D eigenvalue weighted by molar-refractivity contribution is 8.01. The fraction of sp³-hybridized carbons (Fsp3) is 0.222. The fourth-order valence-corrected chi connectivity index (χ4v) is 1.71. The highest BCUT2D eigenvalue weighted by Crippen LogP contribution is 2.39. The molecule has 15 heavy (non-hydrogen) atoms. The molecule has 82 valence electrons. The van der Waals surface area contributed by atoms with Gasteiger partial charge < -0.3 is 10.8 Å². The van der Waals surface area contributed by atoms with E-state index in [1.54, 1.807) is 13.0 Å². The van der Waals surface area contributed by atoms with Crippen molar-refractivity contribution in [3.05, 3.63) is 23.8 Å². The molecule has 0 saturated heterocycles. The van der Waals surface area contributed by atoms with E-state index in [1.807, 2.05) is 0 Å². The zero-order chi connectivity index (χ0) is 11.6. The van der Waals surface area contributed by atoms with Crippen LogP contribution in [0.3, 0.4) is 0 Å². The number of halogens is 2. The maximum absolute atomic E-state index is 12.9. The normalized spacial score (nSPS) is 11.4. The number of benzene rings is 1. The van der Waals surface area contributed by atoms with Crippen molar-refractivity contribution in [2.75, 3.05) is 5.73 Å². The molecule has 0 radical (unpaired) electrons. The van der Waals surface area contributed by atoms with E-state index < -0.39 is 11.2 Å². The van der Waals surface area contributed by atoms with Crippen LogP contribution in [0.25, 0.3) is 0 Å². The number of hydrogen-bond acceptors (Lipinski definition) is 3. The minimum atomic E-state index is -3.86. The second kappa shape index (κ2) is 4.06. The molecule has 0 spiro atoms. The highest BCUT2D eigenvalue weighted by atomic mass is 32.2. The molecular weight excluding hydrogens is 224 g/mol. The number of hydrogen-bond donors (Lipinski definition) is 2.